The van der Waals surface area contributed by atoms with Crippen molar-refractivity contribution in [1.82, 2.24) is 21.3 Å². The Bertz CT molecular complexity index is 1490. The molecule has 0 saturated heterocycles. The Kier molecular flexibility index (Phi) is 23.0. The van der Waals surface area contributed by atoms with Gasteiger partial charge in [0.05, 0.1) is 23.8 Å². The fourth-order valence-electron chi connectivity index (χ4n) is 5.71. The molecule has 0 aliphatic carbocycles. The van der Waals surface area contributed by atoms with E-state index in [0.717, 1.165) is 83.2 Å². The lowest BCUT2D eigenvalue weighted by Crippen LogP contribution is -2.48. The van der Waals surface area contributed by atoms with Crippen molar-refractivity contribution in [2.45, 2.75) is 96.6 Å². The number of benzene rings is 2. The minimum Gasteiger partial charge on any atom is -0.372 e. The Hall–Kier alpha value is -5.09. The van der Waals surface area contributed by atoms with E-state index in [2.05, 4.69) is 55.2 Å². The van der Waals surface area contributed by atoms with E-state index < -0.39 is 29.8 Å². The number of aliphatic imine (C=N–C) groups is 1. The molecule has 4 amide bonds. The fraction of sp³-hybridized carbons (Fsp3) is 0.564. The van der Waals surface area contributed by atoms with Crippen LogP contribution in [0.15, 0.2) is 63.8 Å². The number of rotatable bonds is 29. The topological polar surface area (TPSA) is 261 Å². The van der Waals surface area contributed by atoms with Crippen molar-refractivity contribution in [2.24, 2.45) is 38.2 Å². The predicted octanol–water partition coefficient (Wildman–Crippen LogP) is 3.25. The van der Waals surface area contributed by atoms with Gasteiger partial charge in [-0.1, -0.05) is 31.7 Å². The Morgan fingerprint density at radius 1 is 0.709 bits per heavy atom. The van der Waals surface area contributed by atoms with Crippen molar-refractivity contribution < 1.29 is 19.2 Å². The second-order valence-electron chi connectivity index (χ2n) is 13.4. The molecule has 2 aromatic carbocycles. The van der Waals surface area contributed by atoms with Gasteiger partial charge in [-0.3, -0.25) is 24.2 Å². The molecular weight excluding hydrogens is 701 g/mol. The van der Waals surface area contributed by atoms with Crippen LogP contribution in [0.1, 0.15) is 94.8 Å². The average Bonchev–Trinajstić information content (AvgIpc) is 3.17. The summed E-state index contributed by atoms with van der Waals surface area (Å²) in [4.78, 5) is 55.9. The molecule has 0 unspecified atom stereocenters. The minimum atomic E-state index is -1.09. The van der Waals surface area contributed by atoms with Gasteiger partial charge in [-0.25, -0.2) is 0 Å². The fourth-order valence-corrected chi connectivity index (χ4v) is 5.71. The maximum atomic E-state index is 13.1. The summed E-state index contributed by atoms with van der Waals surface area (Å²) >= 11 is 0. The molecule has 16 nitrogen and oxygen atoms in total. The number of primary amides is 1. The third-order valence-electron chi connectivity index (χ3n) is 8.86. The van der Waals surface area contributed by atoms with Gasteiger partial charge in [0.2, 0.25) is 17.7 Å². The van der Waals surface area contributed by atoms with E-state index in [4.69, 9.17) is 22.9 Å². The molecule has 0 aromatic heterocycles. The summed E-state index contributed by atoms with van der Waals surface area (Å²) in [5.74, 6) is -1.78. The molecule has 12 N–H and O–H groups in total. The van der Waals surface area contributed by atoms with Crippen LogP contribution in [-0.2, 0) is 14.4 Å². The van der Waals surface area contributed by atoms with E-state index in [1.54, 1.807) is 24.3 Å². The highest BCUT2D eigenvalue weighted by Gasteiger charge is 2.23. The highest BCUT2D eigenvalue weighted by atomic mass is 16.2. The van der Waals surface area contributed by atoms with Crippen LogP contribution in [0.3, 0.4) is 0 Å². The van der Waals surface area contributed by atoms with Crippen LogP contribution in [-0.4, -0.2) is 87.5 Å². The van der Waals surface area contributed by atoms with Crippen molar-refractivity contribution >= 4 is 46.7 Å². The first-order chi connectivity index (χ1) is 26.5. The smallest absolute Gasteiger partial charge is 0.252 e. The Balaban J connectivity index is 1.59. The minimum absolute atomic E-state index is 0.0380. The first-order valence-electron chi connectivity index (χ1n) is 19.6. The molecule has 304 valence electrons. The first kappa shape index (κ1) is 46.1. The summed E-state index contributed by atoms with van der Waals surface area (Å²) in [5, 5.41) is 20.4. The standard InChI is InChI=1S/C39H64N12O4/c1-3-51(4-2)32-20-18-30(19-21-32)49-50-31-16-13-15-29(27-31)36(53)48-34(28-35(41)52)38(55)46-24-10-8-6-5-7-9-22-44-23-11-12-25-45-37(54)33(40)17-14-26-47-39(42)43/h13,15-16,18-21,27,33-34,44H,3-12,14,17,22-26,28,40H2,1-2H3,(H2,41,52)(H,45,54)(H,46,55)(H,48,53)(H4,42,43,47)/t33-,34-/m0/s1. The summed E-state index contributed by atoms with van der Waals surface area (Å²) in [6, 6.07) is 12.7. The molecule has 0 bridgehead atoms. The van der Waals surface area contributed by atoms with E-state index in [1.807, 2.05) is 24.3 Å². The quantitative estimate of drug-likeness (QED) is 0.0261. The van der Waals surface area contributed by atoms with Gasteiger partial charge in [0, 0.05) is 44.0 Å². The second kappa shape index (κ2) is 27.5. The highest BCUT2D eigenvalue weighted by Crippen LogP contribution is 2.23. The van der Waals surface area contributed by atoms with Crippen LogP contribution < -0.4 is 49.1 Å². The lowest BCUT2D eigenvalue weighted by atomic mass is 10.1. The number of guanidine groups is 1. The average molecular weight is 765 g/mol. The molecule has 2 rings (SSSR count). The van der Waals surface area contributed by atoms with E-state index in [1.165, 1.54) is 0 Å². The molecule has 0 aliphatic heterocycles. The van der Waals surface area contributed by atoms with Crippen LogP contribution in [0, 0.1) is 0 Å². The molecule has 2 aromatic rings. The maximum Gasteiger partial charge on any atom is 0.252 e. The zero-order valence-electron chi connectivity index (χ0n) is 32.7. The Morgan fingerprint density at radius 3 is 1.93 bits per heavy atom. The molecule has 0 fully saturated rings. The van der Waals surface area contributed by atoms with Crippen LogP contribution in [0.25, 0.3) is 0 Å². The molecule has 0 aliphatic rings. The van der Waals surface area contributed by atoms with Gasteiger partial charge in [0.25, 0.3) is 5.91 Å². The van der Waals surface area contributed by atoms with Gasteiger partial charge >= 0.3 is 0 Å². The molecular formula is C39H64N12O4. The highest BCUT2D eigenvalue weighted by molar-refractivity contribution is 5.99. The Labute approximate surface area is 326 Å². The van der Waals surface area contributed by atoms with Crippen molar-refractivity contribution in [2.75, 3.05) is 50.7 Å². The van der Waals surface area contributed by atoms with Crippen molar-refractivity contribution in [3.8, 4) is 0 Å². The first-order valence-corrected chi connectivity index (χ1v) is 19.6. The van der Waals surface area contributed by atoms with Crippen molar-refractivity contribution in [1.29, 1.82) is 0 Å². The van der Waals surface area contributed by atoms with E-state index in [9.17, 15) is 19.2 Å². The number of nitrogens with two attached hydrogens (primary N) is 4. The number of hydrogen-bond acceptors (Lipinski definition) is 10. The number of azo groups is 1. The third-order valence-corrected chi connectivity index (χ3v) is 8.86. The van der Waals surface area contributed by atoms with Gasteiger partial charge in [0.1, 0.15) is 6.04 Å². The number of unbranched alkanes of at least 4 members (excludes halogenated alkanes) is 6. The van der Waals surface area contributed by atoms with Crippen molar-refractivity contribution in [3.63, 3.8) is 0 Å². The molecule has 55 heavy (non-hydrogen) atoms. The van der Waals surface area contributed by atoms with Crippen LogP contribution in [0.4, 0.5) is 17.1 Å². The molecule has 2 atom stereocenters. The largest absolute Gasteiger partial charge is 0.372 e. The second-order valence-corrected chi connectivity index (χ2v) is 13.4. The Morgan fingerprint density at radius 2 is 1.29 bits per heavy atom. The monoisotopic (exact) mass is 765 g/mol. The number of carbonyl (C=O) groups excluding carboxylic acids is 4. The summed E-state index contributed by atoms with van der Waals surface area (Å²) in [5.41, 5.74) is 24.4. The summed E-state index contributed by atoms with van der Waals surface area (Å²) < 4.78 is 0. The number of hydrogen-bond donors (Lipinski definition) is 8. The summed E-state index contributed by atoms with van der Waals surface area (Å²) in [6.45, 7) is 9.35. The number of nitrogens with zero attached hydrogens (tertiary/aromatic N) is 4. The van der Waals surface area contributed by atoms with Gasteiger partial charge in [0.15, 0.2) is 5.96 Å². The van der Waals surface area contributed by atoms with E-state index >= 15 is 0 Å². The van der Waals surface area contributed by atoms with Gasteiger partial charge < -0.3 is 49.1 Å². The summed E-state index contributed by atoms with van der Waals surface area (Å²) in [7, 11) is 0. The van der Waals surface area contributed by atoms with E-state index in [0.29, 0.717) is 43.9 Å². The predicted molar refractivity (Wildman–Crippen MR) is 219 cm³/mol. The third kappa shape index (κ3) is 20.2. The SMILES string of the molecule is CCN(CC)c1ccc(N=Nc2cccc(C(=O)N[C@@H](CC(N)=O)C(=O)NCCCCCCCCNCCCCNC(=O)[C@@H](N)CCCN=C(N)N)c2)cc1. The van der Waals surface area contributed by atoms with Crippen LogP contribution in [0.5, 0.6) is 0 Å². The molecule has 16 heteroatoms. The lowest BCUT2D eigenvalue weighted by molar-refractivity contribution is -0.126. The van der Waals surface area contributed by atoms with Crippen molar-refractivity contribution in [3.05, 3.63) is 54.1 Å². The van der Waals surface area contributed by atoms with Crippen LogP contribution >= 0.6 is 0 Å². The lowest BCUT2D eigenvalue weighted by Gasteiger charge is -2.20. The maximum absolute atomic E-state index is 13.1. The van der Waals surface area contributed by atoms with Gasteiger partial charge in [-0.2, -0.15) is 10.2 Å². The number of amides is 4. The molecule has 0 saturated carbocycles. The zero-order chi connectivity index (χ0) is 40.3. The number of carbonyl (C=O) groups is 4. The number of anilines is 1. The molecule has 0 radical (unpaired) electrons. The zero-order valence-corrected chi connectivity index (χ0v) is 32.7. The van der Waals surface area contributed by atoms with Crippen LogP contribution in [0.2, 0.25) is 0 Å². The van der Waals surface area contributed by atoms with Gasteiger partial charge in [-0.15, -0.1) is 0 Å². The molecule has 0 heterocycles. The number of nitrogens with one attached hydrogen (secondary N) is 4. The summed E-state index contributed by atoms with van der Waals surface area (Å²) in [6.07, 6.45) is 8.76. The normalized spacial score (nSPS) is 12.1. The molecule has 0 spiro atoms. The van der Waals surface area contributed by atoms with Gasteiger partial charge in [-0.05, 0) is 108 Å². The van der Waals surface area contributed by atoms with E-state index in [-0.39, 0.29) is 23.9 Å².